The maximum Gasteiger partial charge on any atom is 0.302 e. The Hall–Kier alpha value is -0.830. The lowest BCUT2D eigenvalue weighted by Gasteiger charge is -2.61. The van der Waals surface area contributed by atoms with Gasteiger partial charge in [-0.25, -0.2) is 0 Å². The lowest BCUT2D eigenvalue weighted by Crippen LogP contribution is -2.60. The van der Waals surface area contributed by atoms with E-state index in [0.29, 0.717) is 23.7 Å². The SMILES string of the molecule is CC(=O)O[C@H]1CC[C@]2(C)[C@H]3CC[C@]4(C)[C@@H]([C@H](C)CC[C@H](C)C(C)C)CC[C@H]4C3=CC[C@]2(O)C1. The highest BCUT2D eigenvalue weighted by atomic mass is 16.5. The van der Waals surface area contributed by atoms with Crippen LogP contribution in [0.1, 0.15) is 113 Å². The lowest BCUT2D eigenvalue weighted by atomic mass is 9.46. The van der Waals surface area contributed by atoms with Gasteiger partial charge in [0.05, 0.1) is 5.60 Å². The largest absolute Gasteiger partial charge is 0.462 e. The molecule has 0 heterocycles. The molecule has 188 valence electrons. The number of hydrogen-bond acceptors (Lipinski definition) is 3. The van der Waals surface area contributed by atoms with Gasteiger partial charge in [0.1, 0.15) is 6.10 Å². The molecule has 3 fully saturated rings. The molecule has 0 aromatic rings. The zero-order chi connectivity index (χ0) is 24.2. The van der Waals surface area contributed by atoms with Crippen LogP contribution in [0.3, 0.4) is 0 Å². The maximum atomic E-state index is 11.8. The Morgan fingerprint density at radius 3 is 2.45 bits per heavy atom. The first-order valence-corrected chi connectivity index (χ1v) is 14.0. The van der Waals surface area contributed by atoms with Gasteiger partial charge in [-0.05, 0) is 85.9 Å². The number of aliphatic hydroxyl groups is 1. The van der Waals surface area contributed by atoms with Crippen LogP contribution in [-0.2, 0) is 9.53 Å². The number of fused-ring (bicyclic) bond motifs is 5. The van der Waals surface area contributed by atoms with E-state index in [1.54, 1.807) is 5.57 Å². The fraction of sp³-hybridized carbons (Fsp3) is 0.900. The second kappa shape index (κ2) is 8.99. The summed E-state index contributed by atoms with van der Waals surface area (Å²) in [4.78, 5) is 11.5. The molecule has 4 aliphatic rings. The predicted octanol–water partition coefficient (Wildman–Crippen LogP) is 7.32. The second-order valence-corrected chi connectivity index (χ2v) is 13.4. The zero-order valence-electron chi connectivity index (χ0n) is 22.5. The molecule has 0 aromatic heterocycles. The topological polar surface area (TPSA) is 46.5 Å². The van der Waals surface area contributed by atoms with E-state index in [9.17, 15) is 9.90 Å². The van der Waals surface area contributed by atoms with Crippen molar-refractivity contribution >= 4 is 5.97 Å². The summed E-state index contributed by atoms with van der Waals surface area (Å²) in [6.07, 6.45) is 13.4. The highest BCUT2D eigenvalue weighted by Crippen LogP contribution is 2.67. The average molecular weight is 459 g/mol. The van der Waals surface area contributed by atoms with E-state index in [1.165, 1.54) is 45.4 Å². The van der Waals surface area contributed by atoms with Crippen molar-refractivity contribution in [1.29, 1.82) is 0 Å². The summed E-state index contributed by atoms with van der Waals surface area (Å²) < 4.78 is 5.55. The van der Waals surface area contributed by atoms with Gasteiger partial charge in [0.25, 0.3) is 0 Å². The number of hydrogen-bond donors (Lipinski definition) is 1. The van der Waals surface area contributed by atoms with Crippen LogP contribution in [-0.4, -0.2) is 22.8 Å². The van der Waals surface area contributed by atoms with E-state index in [1.807, 2.05) is 0 Å². The van der Waals surface area contributed by atoms with Crippen LogP contribution < -0.4 is 0 Å². The number of ether oxygens (including phenoxy) is 1. The van der Waals surface area contributed by atoms with Gasteiger partial charge in [0.15, 0.2) is 0 Å². The summed E-state index contributed by atoms with van der Waals surface area (Å²) in [7, 11) is 0. The lowest BCUT2D eigenvalue weighted by molar-refractivity contribution is -0.183. The van der Waals surface area contributed by atoms with Gasteiger partial charge in [0.2, 0.25) is 0 Å². The first-order valence-electron chi connectivity index (χ1n) is 14.0. The Kier molecular flexibility index (Phi) is 6.89. The summed E-state index contributed by atoms with van der Waals surface area (Å²) in [6, 6.07) is 0. The smallest absolute Gasteiger partial charge is 0.302 e. The number of allylic oxidation sites excluding steroid dienone is 1. The number of rotatable bonds is 6. The quantitative estimate of drug-likeness (QED) is 0.335. The fourth-order valence-corrected chi connectivity index (χ4v) is 8.84. The third-order valence-corrected chi connectivity index (χ3v) is 11.5. The first-order chi connectivity index (χ1) is 15.4. The molecule has 1 N–H and O–H groups in total. The van der Waals surface area contributed by atoms with E-state index < -0.39 is 5.60 Å². The normalized spacial score (nSPS) is 44.3. The van der Waals surface area contributed by atoms with Gasteiger partial charge in [-0.1, -0.05) is 66.0 Å². The molecule has 0 unspecified atom stereocenters. The van der Waals surface area contributed by atoms with Gasteiger partial charge in [-0.15, -0.1) is 0 Å². The number of carbonyl (C=O) groups excluding carboxylic acids is 1. The zero-order valence-corrected chi connectivity index (χ0v) is 22.5. The molecule has 0 radical (unpaired) electrons. The highest BCUT2D eigenvalue weighted by Gasteiger charge is 2.62. The van der Waals surface area contributed by atoms with Gasteiger partial charge in [-0.3, -0.25) is 4.79 Å². The molecule has 3 nitrogen and oxygen atoms in total. The molecule has 0 saturated heterocycles. The van der Waals surface area contributed by atoms with Crippen LogP contribution in [0.15, 0.2) is 11.6 Å². The molecule has 4 rings (SSSR count). The first kappa shape index (κ1) is 25.3. The minimum absolute atomic E-state index is 0.0918. The third kappa shape index (κ3) is 4.23. The molecule has 0 amide bonds. The molecule has 0 aromatic carbocycles. The minimum Gasteiger partial charge on any atom is -0.462 e. The fourth-order valence-electron chi connectivity index (χ4n) is 8.84. The van der Waals surface area contributed by atoms with Crippen molar-refractivity contribution in [3.05, 3.63) is 11.6 Å². The Balaban J connectivity index is 1.51. The van der Waals surface area contributed by atoms with Crippen molar-refractivity contribution in [2.75, 3.05) is 0 Å². The van der Waals surface area contributed by atoms with E-state index in [0.717, 1.165) is 42.9 Å². The van der Waals surface area contributed by atoms with Gasteiger partial charge >= 0.3 is 5.97 Å². The Morgan fingerprint density at radius 1 is 1.06 bits per heavy atom. The Morgan fingerprint density at radius 2 is 1.79 bits per heavy atom. The third-order valence-electron chi connectivity index (χ3n) is 11.5. The van der Waals surface area contributed by atoms with Crippen LogP contribution >= 0.6 is 0 Å². The summed E-state index contributed by atoms with van der Waals surface area (Å²) in [6.45, 7) is 16.1. The molecular formula is C30H50O3. The van der Waals surface area contributed by atoms with Gasteiger partial charge < -0.3 is 9.84 Å². The van der Waals surface area contributed by atoms with Crippen molar-refractivity contribution in [1.82, 2.24) is 0 Å². The van der Waals surface area contributed by atoms with E-state index in [2.05, 4.69) is 47.6 Å². The molecule has 0 bridgehead atoms. The minimum atomic E-state index is -0.744. The van der Waals surface area contributed by atoms with Crippen molar-refractivity contribution in [2.45, 2.75) is 124 Å². The van der Waals surface area contributed by atoms with Crippen LogP contribution in [0.25, 0.3) is 0 Å². The molecule has 0 aliphatic heterocycles. The van der Waals surface area contributed by atoms with Crippen LogP contribution in [0, 0.1) is 46.3 Å². The Labute approximate surface area is 203 Å². The number of esters is 1. The van der Waals surface area contributed by atoms with Crippen molar-refractivity contribution in [3.63, 3.8) is 0 Å². The molecule has 4 aliphatic carbocycles. The molecule has 33 heavy (non-hydrogen) atoms. The standard InChI is InChI=1S/C30H50O3/c1-19(2)20(3)8-9-21(4)25-10-11-26-24-13-17-30(32)18-23(33-22(5)31)12-16-29(30,7)27(24)14-15-28(25,26)6/h13,19-21,23,25-27,32H,8-12,14-18H2,1-7H3/t20-,21+,23-,25+,26-,27-,28+,29+,30-/m0/s1. The monoisotopic (exact) mass is 458 g/mol. The molecule has 9 atom stereocenters. The van der Waals surface area contributed by atoms with Gasteiger partial charge in [-0.2, -0.15) is 0 Å². The van der Waals surface area contributed by atoms with E-state index in [4.69, 9.17) is 4.74 Å². The van der Waals surface area contributed by atoms with Crippen LogP contribution in [0.2, 0.25) is 0 Å². The average Bonchev–Trinajstić information content (AvgIpc) is 3.09. The van der Waals surface area contributed by atoms with Crippen LogP contribution in [0.5, 0.6) is 0 Å². The summed E-state index contributed by atoms with van der Waals surface area (Å²) in [5.41, 5.74) is 1.27. The predicted molar refractivity (Wildman–Crippen MR) is 135 cm³/mol. The maximum absolute atomic E-state index is 11.8. The van der Waals surface area contributed by atoms with Crippen LogP contribution in [0.4, 0.5) is 0 Å². The van der Waals surface area contributed by atoms with Crippen molar-refractivity contribution < 1.29 is 14.6 Å². The second-order valence-electron chi connectivity index (χ2n) is 13.4. The Bertz CT molecular complexity index is 771. The summed E-state index contributed by atoms with van der Waals surface area (Å²) in [5.74, 6) is 4.19. The molecular weight excluding hydrogens is 408 g/mol. The highest BCUT2D eigenvalue weighted by molar-refractivity contribution is 5.66. The molecule has 3 saturated carbocycles. The van der Waals surface area contributed by atoms with E-state index >= 15 is 0 Å². The number of carbonyl (C=O) groups is 1. The van der Waals surface area contributed by atoms with Crippen molar-refractivity contribution in [3.8, 4) is 0 Å². The van der Waals surface area contributed by atoms with Crippen molar-refractivity contribution in [2.24, 2.45) is 46.3 Å². The summed E-state index contributed by atoms with van der Waals surface area (Å²) in [5, 5.41) is 11.8. The summed E-state index contributed by atoms with van der Waals surface area (Å²) >= 11 is 0. The van der Waals surface area contributed by atoms with E-state index in [-0.39, 0.29) is 17.5 Å². The molecule has 3 heteroatoms. The van der Waals surface area contributed by atoms with Gasteiger partial charge in [0, 0.05) is 18.8 Å². The molecule has 0 spiro atoms.